The van der Waals surface area contributed by atoms with E-state index in [4.69, 9.17) is 0 Å². The Labute approximate surface area is 104 Å². The Bertz CT molecular complexity index is 363. The molecule has 0 bridgehead atoms. The Balaban J connectivity index is 2.43. The highest BCUT2D eigenvalue weighted by atomic mass is 16.2. The molecule has 0 aliphatic rings. The van der Waals surface area contributed by atoms with Crippen molar-refractivity contribution in [2.45, 2.75) is 19.8 Å². The molecule has 0 unspecified atom stereocenters. The summed E-state index contributed by atoms with van der Waals surface area (Å²) in [6.45, 7) is 3.80. The van der Waals surface area contributed by atoms with Crippen LogP contribution in [0, 0.1) is 6.92 Å². The summed E-state index contributed by atoms with van der Waals surface area (Å²) >= 11 is 0. The first-order valence-electron chi connectivity index (χ1n) is 6.07. The number of nitrogens with one attached hydrogen (secondary N) is 1. The van der Waals surface area contributed by atoms with Gasteiger partial charge in [0.15, 0.2) is 0 Å². The molecule has 94 valence electrons. The molecule has 0 saturated heterocycles. The zero-order chi connectivity index (χ0) is 12.7. The lowest BCUT2D eigenvalue weighted by Crippen LogP contribution is -2.30. The van der Waals surface area contributed by atoms with E-state index in [9.17, 15) is 4.79 Å². The Hall–Kier alpha value is -1.35. The van der Waals surface area contributed by atoms with Gasteiger partial charge in [0.05, 0.1) is 6.42 Å². The van der Waals surface area contributed by atoms with E-state index in [0.717, 1.165) is 25.1 Å². The van der Waals surface area contributed by atoms with Gasteiger partial charge in [0.25, 0.3) is 0 Å². The van der Waals surface area contributed by atoms with Gasteiger partial charge < -0.3 is 10.2 Å². The smallest absolute Gasteiger partial charge is 0.226 e. The lowest BCUT2D eigenvalue weighted by atomic mass is 10.1. The molecule has 0 heterocycles. The van der Waals surface area contributed by atoms with E-state index >= 15 is 0 Å². The number of carbonyl (C=O) groups is 1. The number of hydrogen-bond donors (Lipinski definition) is 1. The van der Waals surface area contributed by atoms with E-state index in [1.54, 1.807) is 4.90 Å². The molecule has 1 amide bonds. The SMILES string of the molecule is CNCCCN(C)C(=O)Cc1cccc(C)c1. The van der Waals surface area contributed by atoms with E-state index in [2.05, 4.69) is 11.4 Å². The molecule has 3 heteroatoms. The first-order valence-corrected chi connectivity index (χ1v) is 6.07. The third-order valence-corrected chi connectivity index (χ3v) is 2.78. The molecule has 0 aliphatic heterocycles. The van der Waals surface area contributed by atoms with Crippen molar-refractivity contribution in [1.82, 2.24) is 10.2 Å². The van der Waals surface area contributed by atoms with Crippen LogP contribution in [0.3, 0.4) is 0 Å². The van der Waals surface area contributed by atoms with Gasteiger partial charge in [0.2, 0.25) is 5.91 Å². The molecular weight excluding hydrogens is 212 g/mol. The van der Waals surface area contributed by atoms with Crippen molar-refractivity contribution in [3.05, 3.63) is 35.4 Å². The Kier molecular flexibility index (Phi) is 5.70. The van der Waals surface area contributed by atoms with Crippen molar-refractivity contribution >= 4 is 5.91 Å². The summed E-state index contributed by atoms with van der Waals surface area (Å²) in [4.78, 5) is 13.7. The molecule has 1 aromatic carbocycles. The quantitative estimate of drug-likeness (QED) is 0.758. The van der Waals surface area contributed by atoms with E-state index < -0.39 is 0 Å². The molecule has 1 N–H and O–H groups in total. The molecule has 0 radical (unpaired) electrons. The van der Waals surface area contributed by atoms with Crippen LogP contribution < -0.4 is 5.32 Å². The second-order valence-electron chi connectivity index (χ2n) is 4.44. The van der Waals surface area contributed by atoms with Gasteiger partial charge in [-0.2, -0.15) is 0 Å². The zero-order valence-electron chi connectivity index (χ0n) is 11.0. The van der Waals surface area contributed by atoms with Crippen LogP contribution in [0.25, 0.3) is 0 Å². The maximum Gasteiger partial charge on any atom is 0.226 e. The van der Waals surface area contributed by atoms with Crippen molar-refractivity contribution in [3.8, 4) is 0 Å². The van der Waals surface area contributed by atoms with Crippen molar-refractivity contribution in [1.29, 1.82) is 0 Å². The van der Waals surface area contributed by atoms with Crippen molar-refractivity contribution in [3.63, 3.8) is 0 Å². The summed E-state index contributed by atoms with van der Waals surface area (Å²) in [5.41, 5.74) is 2.30. The van der Waals surface area contributed by atoms with Crippen molar-refractivity contribution < 1.29 is 4.79 Å². The van der Waals surface area contributed by atoms with Crippen LogP contribution in [-0.2, 0) is 11.2 Å². The average Bonchev–Trinajstić information content (AvgIpc) is 2.29. The maximum atomic E-state index is 11.9. The highest BCUT2D eigenvalue weighted by molar-refractivity contribution is 5.78. The van der Waals surface area contributed by atoms with E-state index in [1.165, 1.54) is 5.56 Å². The summed E-state index contributed by atoms with van der Waals surface area (Å²) in [5, 5.41) is 3.08. The average molecular weight is 234 g/mol. The standard InChI is InChI=1S/C14H22N2O/c1-12-6-4-7-13(10-12)11-14(17)16(3)9-5-8-15-2/h4,6-7,10,15H,5,8-9,11H2,1-3H3. The van der Waals surface area contributed by atoms with Gasteiger partial charge in [-0.1, -0.05) is 29.8 Å². The van der Waals surface area contributed by atoms with Crippen LogP contribution in [0.2, 0.25) is 0 Å². The summed E-state index contributed by atoms with van der Waals surface area (Å²) in [6.07, 6.45) is 1.49. The number of nitrogens with zero attached hydrogens (tertiary/aromatic N) is 1. The zero-order valence-corrected chi connectivity index (χ0v) is 11.0. The van der Waals surface area contributed by atoms with Gasteiger partial charge >= 0.3 is 0 Å². The number of amides is 1. The molecule has 3 nitrogen and oxygen atoms in total. The van der Waals surface area contributed by atoms with Gasteiger partial charge in [0.1, 0.15) is 0 Å². The Morgan fingerprint density at radius 1 is 1.41 bits per heavy atom. The van der Waals surface area contributed by atoms with Crippen LogP contribution in [0.15, 0.2) is 24.3 Å². The molecule has 0 fully saturated rings. The van der Waals surface area contributed by atoms with Gasteiger partial charge in [-0.3, -0.25) is 4.79 Å². The predicted molar refractivity (Wildman–Crippen MR) is 71.1 cm³/mol. The van der Waals surface area contributed by atoms with Crippen LogP contribution in [0.4, 0.5) is 0 Å². The van der Waals surface area contributed by atoms with E-state index in [1.807, 2.05) is 39.2 Å². The van der Waals surface area contributed by atoms with Crippen LogP contribution >= 0.6 is 0 Å². The van der Waals surface area contributed by atoms with Crippen molar-refractivity contribution in [2.24, 2.45) is 0 Å². The van der Waals surface area contributed by atoms with Crippen LogP contribution in [-0.4, -0.2) is 38.0 Å². The maximum absolute atomic E-state index is 11.9. The largest absolute Gasteiger partial charge is 0.345 e. The number of likely N-dealkylation sites (N-methyl/N-ethyl adjacent to an activating group) is 1. The minimum Gasteiger partial charge on any atom is -0.345 e. The molecule has 0 atom stereocenters. The van der Waals surface area contributed by atoms with E-state index in [0.29, 0.717) is 6.42 Å². The molecule has 0 aromatic heterocycles. The second-order valence-corrected chi connectivity index (χ2v) is 4.44. The molecule has 0 saturated carbocycles. The van der Waals surface area contributed by atoms with Gasteiger partial charge in [-0.15, -0.1) is 0 Å². The summed E-state index contributed by atoms with van der Waals surface area (Å²) in [6, 6.07) is 8.12. The Morgan fingerprint density at radius 3 is 2.82 bits per heavy atom. The third kappa shape index (κ3) is 5.00. The second kappa shape index (κ2) is 7.07. The fourth-order valence-corrected chi connectivity index (χ4v) is 1.75. The molecular formula is C14H22N2O. The van der Waals surface area contributed by atoms with Gasteiger partial charge in [-0.25, -0.2) is 0 Å². The molecule has 17 heavy (non-hydrogen) atoms. The lowest BCUT2D eigenvalue weighted by Gasteiger charge is -2.17. The number of hydrogen-bond acceptors (Lipinski definition) is 2. The highest BCUT2D eigenvalue weighted by Gasteiger charge is 2.08. The fraction of sp³-hybridized carbons (Fsp3) is 0.500. The number of carbonyl (C=O) groups excluding carboxylic acids is 1. The Morgan fingerprint density at radius 2 is 2.18 bits per heavy atom. The third-order valence-electron chi connectivity index (χ3n) is 2.78. The molecule has 0 spiro atoms. The summed E-state index contributed by atoms with van der Waals surface area (Å²) < 4.78 is 0. The molecule has 0 aliphatic carbocycles. The number of rotatable bonds is 6. The van der Waals surface area contributed by atoms with Crippen molar-refractivity contribution in [2.75, 3.05) is 27.2 Å². The first-order chi connectivity index (χ1) is 8.13. The van der Waals surface area contributed by atoms with Crippen LogP contribution in [0.1, 0.15) is 17.5 Å². The summed E-state index contributed by atoms with van der Waals surface area (Å²) in [5.74, 6) is 0.187. The first kappa shape index (κ1) is 13.7. The molecule has 1 aromatic rings. The topological polar surface area (TPSA) is 32.3 Å². The normalized spacial score (nSPS) is 10.3. The predicted octanol–water partition coefficient (Wildman–Crippen LogP) is 1.61. The van der Waals surface area contributed by atoms with Gasteiger partial charge in [-0.05, 0) is 32.5 Å². The minimum atomic E-state index is 0.187. The fourth-order valence-electron chi connectivity index (χ4n) is 1.75. The highest BCUT2D eigenvalue weighted by Crippen LogP contribution is 2.06. The molecule has 1 rings (SSSR count). The number of benzene rings is 1. The van der Waals surface area contributed by atoms with Crippen LogP contribution in [0.5, 0.6) is 0 Å². The lowest BCUT2D eigenvalue weighted by molar-refractivity contribution is -0.129. The number of aryl methyl sites for hydroxylation is 1. The monoisotopic (exact) mass is 234 g/mol. The van der Waals surface area contributed by atoms with Gasteiger partial charge in [0, 0.05) is 13.6 Å². The minimum absolute atomic E-state index is 0.187. The van der Waals surface area contributed by atoms with E-state index in [-0.39, 0.29) is 5.91 Å². The summed E-state index contributed by atoms with van der Waals surface area (Å²) in [7, 11) is 3.79.